The molecule has 38 valence electrons. The summed E-state index contributed by atoms with van der Waals surface area (Å²) in [7, 11) is 0. The van der Waals surface area contributed by atoms with E-state index in [4.69, 9.17) is 6.42 Å². The molecule has 0 spiro atoms. The second kappa shape index (κ2) is 30.5. The third-order valence-electron chi connectivity index (χ3n) is 0.177. The van der Waals surface area contributed by atoms with Crippen molar-refractivity contribution in [1.29, 1.82) is 0 Å². The van der Waals surface area contributed by atoms with Crippen molar-refractivity contribution >= 4 is 35.5 Å². The van der Waals surface area contributed by atoms with Gasteiger partial charge in [-0.25, -0.2) is 0 Å². The average molecular weight is 129 g/mol. The summed E-state index contributed by atoms with van der Waals surface area (Å²) in [5, 5.41) is 0. The van der Waals surface area contributed by atoms with Crippen LogP contribution in [0.4, 0.5) is 0 Å². The van der Waals surface area contributed by atoms with Gasteiger partial charge in [0.15, 0.2) is 0 Å². The molecule has 0 aromatic carbocycles. The van der Waals surface area contributed by atoms with Crippen LogP contribution in [0.15, 0.2) is 0 Å². The van der Waals surface area contributed by atoms with Crippen LogP contribution in [0.5, 0.6) is 0 Å². The summed E-state index contributed by atoms with van der Waals surface area (Å²) < 4.78 is 0. The van der Waals surface area contributed by atoms with Gasteiger partial charge < -0.3 is 19.8 Å². The zero-order valence-corrected chi connectivity index (χ0v) is 7.05. The maximum absolute atomic E-state index is 6.20. The predicted molar refractivity (Wildman–Crippen MR) is 36.8 cm³/mol. The van der Waals surface area contributed by atoms with Gasteiger partial charge in [-0.15, -0.1) is 12.4 Å². The Morgan fingerprint density at radius 3 is 1.71 bits per heavy atom. The van der Waals surface area contributed by atoms with Gasteiger partial charge in [0.25, 0.3) is 0 Å². The molecule has 0 aliphatic rings. The molecule has 0 aliphatic heterocycles. The molecule has 0 heterocycles. The van der Waals surface area contributed by atoms with Gasteiger partial charge in [-0.2, -0.15) is 0 Å². The molecule has 0 fully saturated rings. The van der Waals surface area contributed by atoms with Crippen LogP contribution in [0.3, 0.4) is 0 Å². The van der Waals surface area contributed by atoms with Gasteiger partial charge in [-0.3, -0.25) is 0 Å². The van der Waals surface area contributed by atoms with E-state index >= 15 is 0 Å². The summed E-state index contributed by atoms with van der Waals surface area (Å²) in [6, 6.07) is 0. The normalized spacial score (nSPS) is 2.86. The Hall–Kier alpha value is 0.616. The second-order valence-corrected chi connectivity index (χ2v) is 0.530. The minimum absolute atomic E-state index is 0. The third kappa shape index (κ3) is 54.0. The molecule has 0 N–H and O–H groups in total. The standard InChI is InChI=1S/C4H5.CH3.ClH.Mg/c1-3-4-2;;;/h3H2,1H3;1H3;1H;/q2*-1;;+2. The number of rotatable bonds is 0. The minimum Gasteiger partial charge on any atom is -0.694 e. The summed E-state index contributed by atoms with van der Waals surface area (Å²) in [4.78, 5) is 0. The van der Waals surface area contributed by atoms with Crippen LogP contribution in [0.1, 0.15) is 13.3 Å². The van der Waals surface area contributed by atoms with Crippen molar-refractivity contribution < 1.29 is 0 Å². The van der Waals surface area contributed by atoms with Crippen LogP contribution < -0.4 is 0 Å². The number of halogens is 1. The van der Waals surface area contributed by atoms with E-state index in [1.807, 2.05) is 6.92 Å². The molecule has 0 atom stereocenters. The molecule has 0 aliphatic carbocycles. The molecule has 0 aromatic rings. The second-order valence-electron chi connectivity index (χ2n) is 0.530. The molecular formula is C5H9ClMg. The van der Waals surface area contributed by atoms with Gasteiger partial charge >= 0.3 is 23.1 Å². The first-order chi connectivity index (χ1) is 1.91. The first-order valence-corrected chi connectivity index (χ1v) is 1.31. The van der Waals surface area contributed by atoms with Gasteiger partial charge in [-0.05, 0) is 6.42 Å². The van der Waals surface area contributed by atoms with Gasteiger partial charge in [-0.1, -0.05) is 6.92 Å². The van der Waals surface area contributed by atoms with Gasteiger partial charge in [0, 0.05) is 0 Å². The van der Waals surface area contributed by atoms with Gasteiger partial charge in [0.2, 0.25) is 0 Å². The Morgan fingerprint density at radius 1 is 1.57 bits per heavy atom. The smallest absolute Gasteiger partial charge is 0.694 e. The molecular weight excluding hydrogens is 120 g/mol. The summed E-state index contributed by atoms with van der Waals surface area (Å²) in [5.74, 6) is 2.18. The maximum Gasteiger partial charge on any atom is 2.00 e. The first kappa shape index (κ1) is 25.5. The molecule has 0 saturated carbocycles. The Balaban J connectivity index is -0.0000000150. The zero-order valence-electron chi connectivity index (χ0n) is 4.82. The molecule has 0 nitrogen and oxygen atoms in total. The van der Waals surface area contributed by atoms with Crippen molar-refractivity contribution in [1.82, 2.24) is 0 Å². The molecule has 0 amide bonds. The molecule has 0 radical (unpaired) electrons. The summed E-state index contributed by atoms with van der Waals surface area (Å²) in [6.07, 6.45) is 6.94. The van der Waals surface area contributed by atoms with Crippen LogP contribution >= 0.6 is 12.4 Å². The van der Waals surface area contributed by atoms with Crippen LogP contribution in [0.2, 0.25) is 0 Å². The van der Waals surface area contributed by atoms with E-state index in [0.717, 1.165) is 6.42 Å². The average Bonchev–Trinajstić information content (AvgIpc) is 1.37. The summed E-state index contributed by atoms with van der Waals surface area (Å²) >= 11 is 0. The largest absolute Gasteiger partial charge is 2.00 e. The van der Waals surface area contributed by atoms with E-state index in [2.05, 4.69) is 5.92 Å². The third-order valence-corrected chi connectivity index (χ3v) is 0.177. The minimum atomic E-state index is 0. The summed E-state index contributed by atoms with van der Waals surface area (Å²) in [6.45, 7) is 1.88. The Bertz CT molecular complexity index is 37.8. The van der Waals surface area contributed by atoms with E-state index in [1.165, 1.54) is 0 Å². The van der Waals surface area contributed by atoms with Crippen molar-refractivity contribution in [3.8, 4) is 5.92 Å². The number of hydrogen-bond donors (Lipinski definition) is 0. The molecule has 0 bridgehead atoms. The van der Waals surface area contributed by atoms with Crippen molar-refractivity contribution in [2.45, 2.75) is 13.3 Å². The van der Waals surface area contributed by atoms with Gasteiger partial charge in [0.1, 0.15) is 0 Å². The van der Waals surface area contributed by atoms with E-state index in [-0.39, 0.29) is 42.9 Å². The Kier molecular flexibility index (Phi) is 111. The van der Waals surface area contributed by atoms with Crippen LogP contribution in [-0.2, 0) is 0 Å². The van der Waals surface area contributed by atoms with E-state index < -0.39 is 0 Å². The van der Waals surface area contributed by atoms with Crippen molar-refractivity contribution in [2.24, 2.45) is 0 Å². The Morgan fingerprint density at radius 2 is 1.71 bits per heavy atom. The van der Waals surface area contributed by atoms with Crippen molar-refractivity contribution in [3.63, 3.8) is 0 Å². The molecule has 2 heteroatoms. The number of hydrogen-bond acceptors (Lipinski definition) is 0. The van der Waals surface area contributed by atoms with E-state index in [9.17, 15) is 0 Å². The molecule has 0 aromatic heterocycles. The van der Waals surface area contributed by atoms with Crippen LogP contribution in [0, 0.1) is 19.8 Å². The first-order valence-electron chi connectivity index (χ1n) is 1.31. The fourth-order valence-electron chi connectivity index (χ4n) is 0. The van der Waals surface area contributed by atoms with Crippen molar-refractivity contribution in [2.75, 3.05) is 0 Å². The van der Waals surface area contributed by atoms with E-state index in [0.29, 0.717) is 0 Å². The maximum atomic E-state index is 6.20. The van der Waals surface area contributed by atoms with E-state index in [1.54, 1.807) is 0 Å². The molecule has 0 unspecified atom stereocenters. The fourth-order valence-corrected chi connectivity index (χ4v) is 0. The monoisotopic (exact) mass is 128 g/mol. The van der Waals surface area contributed by atoms with Crippen molar-refractivity contribution in [3.05, 3.63) is 13.9 Å². The SMILES string of the molecule is Cl.[C-]#CCC.[CH3-].[Mg+2]. The fraction of sp³-hybridized carbons (Fsp3) is 0.400. The molecule has 0 rings (SSSR count). The molecule has 0 saturated heterocycles. The van der Waals surface area contributed by atoms with Gasteiger partial charge in [0.05, 0.1) is 0 Å². The summed E-state index contributed by atoms with van der Waals surface area (Å²) in [5.41, 5.74) is 0. The Labute approximate surface area is 68.6 Å². The topological polar surface area (TPSA) is 0 Å². The zero-order chi connectivity index (χ0) is 3.41. The van der Waals surface area contributed by atoms with Crippen LogP contribution in [-0.4, -0.2) is 23.1 Å². The van der Waals surface area contributed by atoms with Crippen LogP contribution in [0.25, 0.3) is 0 Å². The predicted octanol–water partition coefficient (Wildman–Crippen LogP) is 1.48. The quantitative estimate of drug-likeness (QED) is 0.264. The molecule has 7 heavy (non-hydrogen) atoms.